The Morgan fingerprint density at radius 1 is 1.12 bits per heavy atom. The largest absolute Gasteiger partial charge is 0.495 e. The van der Waals surface area contributed by atoms with Crippen molar-refractivity contribution < 1.29 is 23.5 Å². The molecule has 0 aliphatic carbocycles. The van der Waals surface area contributed by atoms with E-state index in [4.69, 9.17) is 13.9 Å². The van der Waals surface area contributed by atoms with Crippen LogP contribution in [0.15, 0.2) is 63.6 Å². The van der Waals surface area contributed by atoms with Crippen molar-refractivity contribution in [3.05, 3.63) is 59.6 Å². The van der Waals surface area contributed by atoms with Gasteiger partial charge >= 0.3 is 5.97 Å². The predicted octanol–water partition coefficient (Wildman–Crippen LogP) is 4.81. The van der Waals surface area contributed by atoms with E-state index in [1.165, 1.54) is 34.9 Å². The molecule has 0 atom stereocenters. The quantitative estimate of drug-likeness (QED) is 0.268. The Labute approximate surface area is 192 Å². The molecule has 0 bridgehead atoms. The minimum Gasteiger partial charge on any atom is -0.495 e. The highest BCUT2D eigenvalue weighted by Crippen LogP contribution is 2.35. The van der Waals surface area contributed by atoms with Crippen LogP contribution in [0.5, 0.6) is 5.75 Å². The summed E-state index contributed by atoms with van der Waals surface area (Å²) in [4.78, 5) is 34.7. The molecule has 0 fully saturated rings. The highest BCUT2D eigenvalue weighted by Gasteiger charge is 2.21. The molecule has 32 heavy (non-hydrogen) atoms. The van der Waals surface area contributed by atoms with Crippen molar-refractivity contribution >= 4 is 56.9 Å². The monoisotopic (exact) mass is 469 g/mol. The van der Waals surface area contributed by atoms with E-state index in [2.05, 4.69) is 9.97 Å². The number of aromatic nitrogens is 2. The first kappa shape index (κ1) is 21.8. The van der Waals surface area contributed by atoms with Gasteiger partial charge in [0.25, 0.3) is 5.22 Å². The van der Waals surface area contributed by atoms with E-state index in [0.29, 0.717) is 33.1 Å². The first-order chi connectivity index (χ1) is 15.5. The van der Waals surface area contributed by atoms with Gasteiger partial charge in [-0.2, -0.15) is 0 Å². The predicted molar refractivity (Wildman–Crippen MR) is 122 cm³/mol. The standard InChI is InChI=1S/C22H19N3O5S2/c1-14(26)25(17-8-4-6-10-19(17)28-2)21-23-15(12-31-21)11-29-20(27)13-32-22-24-16-7-3-5-9-18(16)30-22/h3-10,12H,11,13H2,1-2H3. The van der Waals surface area contributed by atoms with Gasteiger partial charge in [0.05, 0.1) is 18.5 Å². The molecule has 2 heterocycles. The summed E-state index contributed by atoms with van der Waals surface area (Å²) in [6, 6.07) is 14.6. The average molecular weight is 470 g/mol. The van der Waals surface area contributed by atoms with Gasteiger partial charge in [-0.15, -0.1) is 11.3 Å². The maximum Gasteiger partial charge on any atom is 0.316 e. The van der Waals surface area contributed by atoms with E-state index >= 15 is 0 Å². The van der Waals surface area contributed by atoms with Gasteiger partial charge in [-0.05, 0) is 24.3 Å². The van der Waals surface area contributed by atoms with Gasteiger partial charge in [0.1, 0.15) is 23.6 Å². The van der Waals surface area contributed by atoms with Gasteiger partial charge in [-0.1, -0.05) is 36.0 Å². The lowest BCUT2D eigenvalue weighted by atomic mass is 10.2. The Bertz CT molecular complexity index is 1220. The molecule has 2 aromatic carbocycles. The summed E-state index contributed by atoms with van der Waals surface area (Å²) in [5.41, 5.74) is 2.55. The number of carbonyl (C=O) groups is 2. The summed E-state index contributed by atoms with van der Waals surface area (Å²) in [5, 5.41) is 2.63. The van der Waals surface area contributed by atoms with Crippen molar-refractivity contribution in [1.29, 1.82) is 0 Å². The average Bonchev–Trinajstić information content (AvgIpc) is 3.43. The van der Waals surface area contributed by atoms with E-state index in [9.17, 15) is 9.59 Å². The molecule has 164 valence electrons. The molecule has 0 radical (unpaired) electrons. The lowest BCUT2D eigenvalue weighted by Gasteiger charge is -2.20. The Hall–Kier alpha value is -3.37. The molecule has 4 aromatic rings. The van der Waals surface area contributed by atoms with E-state index < -0.39 is 5.97 Å². The first-order valence-electron chi connectivity index (χ1n) is 9.57. The number of benzene rings is 2. The third kappa shape index (κ3) is 4.92. The van der Waals surface area contributed by atoms with Crippen molar-refractivity contribution in [2.75, 3.05) is 17.8 Å². The summed E-state index contributed by atoms with van der Waals surface area (Å²) >= 11 is 2.45. The number of ether oxygens (including phenoxy) is 2. The molecule has 0 aliphatic heterocycles. The lowest BCUT2D eigenvalue weighted by Crippen LogP contribution is -2.23. The molecule has 8 nitrogen and oxygen atoms in total. The number of para-hydroxylation sites is 4. The summed E-state index contributed by atoms with van der Waals surface area (Å²) in [6.07, 6.45) is 0. The minimum atomic E-state index is -0.417. The van der Waals surface area contributed by atoms with E-state index in [-0.39, 0.29) is 18.3 Å². The fourth-order valence-electron chi connectivity index (χ4n) is 2.92. The molecule has 4 rings (SSSR count). The number of fused-ring (bicyclic) bond motifs is 1. The lowest BCUT2D eigenvalue weighted by molar-refractivity contribution is -0.141. The van der Waals surface area contributed by atoms with Crippen LogP contribution in [0.3, 0.4) is 0 Å². The molecular weight excluding hydrogens is 450 g/mol. The van der Waals surface area contributed by atoms with Crippen LogP contribution in [0.4, 0.5) is 10.8 Å². The second kappa shape index (κ2) is 9.84. The smallest absolute Gasteiger partial charge is 0.316 e. The maximum atomic E-state index is 12.3. The number of rotatable bonds is 8. The van der Waals surface area contributed by atoms with Crippen LogP contribution in [0.2, 0.25) is 0 Å². The number of amides is 1. The number of anilines is 2. The number of hydrogen-bond donors (Lipinski definition) is 0. The van der Waals surface area contributed by atoms with Gasteiger partial charge in [0, 0.05) is 12.3 Å². The van der Waals surface area contributed by atoms with E-state index in [1.807, 2.05) is 36.4 Å². The second-order valence-electron chi connectivity index (χ2n) is 6.54. The Balaban J connectivity index is 1.36. The number of thioether (sulfide) groups is 1. The van der Waals surface area contributed by atoms with Gasteiger partial charge in [0.15, 0.2) is 10.7 Å². The number of hydrogen-bond acceptors (Lipinski definition) is 9. The number of thiazole rings is 1. The summed E-state index contributed by atoms with van der Waals surface area (Å²) < 4.78 is 16.3. The zero-order valence-corrected chi connectivity index (χ0v) is 18.9. The van der Waals surface area contributed by atoms with Crippen LogP contribution < -0.4 is 9.64 Å². The molecule has 0 spiro atoms. The van der Waals surface area contributed by atoms with Crippen molar-refractivity contribution in [2.45, 2.75) is 18.8 Å². The van der Waals surface area contributed by atoms with E-state index in [0.717, 1.165) is 5.52 Å². The number of carbonyl (C=O) groups excluding carboxylic acids is 2. The van der Waals surface area contributed by atoms with Gasteiger partial charge in [-0.25, -0.2) is 9.97 Å². The van der Waals surface area contributed by atoms with Crippen molar-refractivity contribution in [2.24, 2.45) is 0 Å². The Morgan fingerprint density at radius 3 is 2.69 bits per heavy atom. The molecular formula is C22H19N3O5S2. The molecule has 10 heteroatoms. The highest BCUT2D eigenvalue weighted by molar-refractivity contribution is 7.99. The molecule has 0 saturated heterocycles. The third-order valence-electron chi connectivity index (χ3n) is 4.34. The van der Waals surface area contributed by atoms with Crippen LogP contribution in [0.25, 0.3) is 11.1 Å². The van der Waals surface area contributed by atoms with Crippen LogP contribution in [0, 0.1) is 0 Å². The number of esters is 1. The van der Waals surface area contributed by atoms with Crippen molar-refractivity contribution in [3.63, 3.8) is 0 Å². The van der Waals surface area contributed by atoms with Crippen LogP contribution in [-0.2, 0) is 20.9 Å². The molecule has 0 unspecified atom stereocenters. The zero-order valence-electron chi connectivity index (χ0n) is 17.3. The highest BCUT2D eigenvalue weighted by atomic mass is 32.2. The molecule has 0 saturated carbocycles. The van der Waals surface area contributed by atoms with Gasteiger partial charge in [0.2, 0.25) is 5.91 Å². The van der Waals surface area contributed by atoms with Gasteiger partial charge < -0.3 is 13.9 Å². The molecule has 0 aliphatic rings. The summed E-state index contributed by atoms with van der Waals surface area (Å²) in [6.45, 7) is 1.46. The first-order valence-corrected chi connectivity index (χ1v) is 11.4. The Kier molecular flexibility index (Phi) is 6.72. The van der Waals surface area contributed by atoms with Crippen LogP contribution in [-0.4, -0.2) is 34.7 Å². The second-order valence-corrected chi connectivity index (χ2v) is 8.31. The molecule has 0 N–H and O–H groups in total. The van der Waals surface area contributed by atoms with Crippen LogP contribution >= 0.6 is 23.1 Å². The maximum absolute atomic E-state index is 12.3. The third-order valence-corrected chi connectivity index (χ3v) is 6.02. The normalized spacial score (nSPS) is 10.8. The van der Waals surface area contributed by atoms with Gasteiger partial charge in [-0.3, -0.25) is 14.5 Å². The Morgan fingerprint density at radius 2 is 1.91 bits per heavy atom. The summed E-state index contributed by atoms with van der Waals surface area (Å²) in [7, 11) is 1.54. The summed E-state index contributed by atoms with van der Waals surface area (Å²) in [5.74, 6) is -0.00545. The topological polar surface area (TPSA) is 94.8 Å². The molecule has 1 amide bonds. The SMILES string of the molecule is COc1ccccc1N(C(C)=O)c1nc(COC(=O)CSc2nc3ccccc3o2)cs1. The van der Waals surface area contributed by atoms with E-state index in [1.54, 1.807) is 24.6 Å². The van der Waals surface area contributed by atoms with Crippen molar-refractivity contribution in [1.82, 2.24) is 9.97 Å². The van der Waals surface area contributed by atoms with Crippen LogP contribution in [0.1, 0.15) is 12.6 Å². The fraction of sp³-hybridized carbons (Fsp3) is 0.182. The number of oxazole rings is 1. The molecule has 2 aromatic heterocycles. The number of methoxy groups -OCH3 is 1. The minimum absolute atomic E-state index is 0.00111. The van der Waals surface area contributed by atoms with Crippen molar-refractivity contribution in [3.8, 4) is 5.75 Å². The zero-order chi connectivity index (χ0) is 22.5. The fourth-order valence-corrected chi connectivity index (χ4v) is 4.42. The number of nitrogens with zero attached hydrogens (tertiary/aromatic N) is 3.